The zero-order valence-electron chi connectivity index (χ0n) is 13.3. The molecular formula is C14H6ClN5O7S. The molecule has 12 nitrogen and oxygen atoms in total. The van der Waals surface area contributed by atoms with Crippen LogP contribution < -0.4 is 0 Å². The molecule has 0 spiro atoms. The highest BCUT2D eigenvalue weighted by atomic mass is 35.5. The van der Waals surface area contributed by atoms with E-state index in [2.05, 4.69) is 10.1 Å². The minimum absolute atomic E-state index is 0.0954. The fraction of sp³-hybridized carbons (Fsp3) is 0. The van der Waals surface area contributed by atoms with Gasteiger partial charge in [0.15, 0.2) is 0 Å². The summed E-state index contributed by atoms with van der Waals surface area (Å²) < 4.78 is 5.02. The number of aromatic nitrogens is 2. The first-order valence-corrected chi connectivity index (χ1v) is 8.34. The zero-order valence-corrected chi connectivity index (χ0v) is 14.9. The zero-order chi connectivity index (χ0) is 20.4. The standard InChI is InChI=1S/C14H6ClN5O7S/c15-10-5-9(19(23)24)6-11(20(25)26)12(10)28-14-16-13(17-27-14)7-1-3-8(4-2-7)18(21)22/h1-6H. The highest BCUT2D eigenvalue weighted by Crippen LogP contribution is 2.42. The van der Waals surface area contributed by atoms with Crippen molar-refractivity contribution in [1.29, 1.82) is 0 Å². The van der Waals surface area contributed by atoms with Gasteiger partial charge in [-0.1, -0.05) is 16.8 Å². The topological polar surface area (TPSA) is 168 Å². The molecule has 0 fully saturated rings. The van der Waals surface area contributed by atoms with Crippen LogP contribution in [0.2, 0.25) is 5.02 Å². The summed E-state index contributed by atoms with van der Waals surface area (Å²) in [5.74, 6) is 0.0954. The fourth-order valence-corrected chi connectivity index (χ4v) is 3.19. The molecule has 28 heavy (non-hydrogen) atoms. The molecule has 0 saturated carbocycles. The average molecular weight is 424 g/mol. The van der Waals surface area contributed by atoms with E-state index in [4.69, 9.17) is 16.1 Å². The van der Waals surface area contributed by atoms with Gasteiger partial charge in [-0.15, -0.1) is 0 Å². The molecule has 14 heteroatoms. The summed E-state index contributed by atoms with van der Waals surface area (Å²) in [6, 6.07) is 7.11. The maximum absolute atomic E-state index is 11.2. The van der Waals surface area contributed by atoms with Crippen molar-refractivity contribution in [3.8, 4) is 11.4 Å². The summed E-state index contributed by atoms with van der Waals surface area (Å²) >= 11 is 6.63. The van der Waals surface area contributed by atoms with E-state index in [1.807, 2.05) is 0 Å². The van der Waals surface area contributed by atoms with E-state index in [-0.39, 0.29) is 26.7 Å². The number of hydrogen-bond donors (Lipinski definition) is 0. The molecule has 0 aliphatic rings. The van der Waals surface area contributed by atoms with Crippen molar-refractivity contribution in [1.82, 2.24) is 10.1 Å². The monoisotopic (exact) mass is 423 g/mol. The lowest BCUT2D eigenvalue weighted by atomic mass is 10.2. The van der Waals surface area contributed by atoms with Gasteiger partial charge in [-0.2, -0.15) is 4.98 Å². The van der Waals surface area contributed by atoms with Crippen molar-refractivity contribution in [2.45, 2.75) is 10.1 Å². The summed E-state index contributed by atoms with van der Waals surface area (Å²) in [6.07, 6.45) is 0. The van der Waals surface area contributed by atoms with Gasteiger partial charge < -0.3 is 4.52 Å². The fourth-order valence-electron chi connectivity index (χ4n) is 2.09. The van der Waals surface area contributed by atoms with Crippen LogP contribution in [0.4, 0.5) is 17.1 Å². The molecule has 0 aliphatic carbocycles. The van der Waals surface area contributed by atoms with Crippen LogP contribution in [0.15, 0.2) is 51.0 Å². The molecule has 0 atom stereocenters. The summed E-state index contributed by atoms with van der Waals surface area (Å²) in [5.41, 5.74) is -0.807. The molecule has 1 heterocycles. The van der Waals surface area contributed by atoms with Crippen LogP contribution in [-0.4, -0.2) is 24.9 Å². The Balaban J connectivity index is 1.92. The smallest absolute Gasteiger partial charge is 0.291 e. The number of rotatable bonds is 6. The molecule has 0 aliphatic heterocycles. The van der Waals surface area contributed by atoms with Gasteiger partial charge in [-0.25, -0.2) is 0 Å². The van der Waals surface area contributed by atoms with Crippen LogP contribution in [0.5, 0.6) is 0 Å². The Hall–Kier alpha value is -3.58. The molecule has 3 rings (SSSR count). The second-order valence-electron chi connectivity index (χ2n) is 5.08. The van der Waals surface area contributed by atoms with Gasteiger partial charge in [0.05, 0.1) is 25.9 Å². The van der Waals surface area contributed by atoms with E-state index in [0.29, 0.717) is 17.3 Å². The van der Waals surface area contributed by atoms with Gasteiger partial charge >= 0.3 is 0 Å². The molecular weight excluding hydrogens is 418 g/mol. The van der Waals surface area contributed by atoms with E-state index in [0.717, 1.165) is 12.1 Å². The average Bonchev–Trinajstić information content (AvgIpc) is 3.11. The van der Waals surface area contributed by atoms with Crippen LogP contribution in [-0.2, 0) is 0 Å². The summed E-state index contributed by atoms with van der Waals surface area (Å²) in [7, 11) is 0. The maximum atomic E-state index is 11.2. The Morgan fingerprint density at radius 2 is 1.57 bits per heavy atom. The lowest BCUT2D eigenvalue weighted by Gasteiger charge is -2.02. The Morgan fingerprint density at radius 3 is 2.14 bits per heavy atom. The van der Waals surface area contributed by atoms with E-state index >= 15 is 0 Å². The molecule has 3 aromatic rings. The van der Waals surface area contributed by atoms with Crippen molar-refractivity contribution in [2.75, 3.05) is 0 Å². The Kier molecular flexibility index (Phi) is 5.19. The number of benzene rings is 2. The number of non-ortho nitro benzene ring substituents is 2. The lowest BCUT2D eigenvalue weighted by Crippen LogP contribution is -1.95. The second kappa shape index (κ2) is 7.58. The quantitative estimate of drug-likeness (QED) is 0.412. The van der Waals surface area contributed by atoms with Crippen LogP contribution in [0.1, 0.15) is 0 Å². The van der Waals surface area contributed by atoms with Crippen molar-refractivity contribution in [3.05, 3.63) is 71.8 Å². The highest BCUT2D eigenvalue weighted by Gasteiger charge is 2.26. The Morgan fingerprint density at radius 1 is 0.929 bits per heavy atom. The number of nitrogens with zero attached hydrogens (tertiary/aromatic N) is 5. The first-order valence-electron chi connectivity index (χ1n) is 7.15. The van der Waals surface area contributed by atoms with Crippen molar-refractivity contribution >= 4 is 40.4 Å². The SMILES string of the molecule is O=[N+]([O-])c1ccc(-c2noc(Sc3c(Cl)cc([N+](=O)[O-])cc3[N+](=O)[O-])n2)cc1. The van der Waals surface area contributed by atoms with Crippen LogP contribution >= 0.6 is 23.4 Å². The predicted molar refractivity (Wildman–Crippen MR) is 95.3 cm³/mol. The largest absolute Gasteiger partial charge is 0.327 e. The molecule has 1 aromatic heterocycles. The van der Waals surface area contributed by atoms with E-state index in [1.54, 1.807) is 0 Å². The van der Waals surface area contributed by atoms with Gasteiger partial charge in [-0.05, 0) is 23.9 Å². The van der Waals surface area contributed by atoms with Gasteiger partial charge in [0, 0.05) is 23.8 Å². The number of hydrogen-bond acceptors (Lipinski definition) is 10. The number of nitro benzene ring substituents is 3. The first-order chi connectivity index (χ1) is 13.3. The minimum Gasteiger partial charge on any atom is -0.327 e. The van der Waals surface area contributed by atoms with Crippen LogP contribution in [0.25, 0.3) is 11.4 Å². The molecule has 0 unspecified atom stereocenters. The van der Waals surface area contributed by atoms with Crippen molar-refractivity contribution in [2.24, 2.45) is 0 Å². The van der Waals surface area contributed by atoms with Gasteiger partial charge in [0.2, 0.25) is 5.82 Å². The second-order valence-corrected chi connectivity index (χ2v) is 6.45. The number of halogens is 1. The van der Waals surface area contributed by atoms with Gasteiger partial charge in [0.1, 0.15) is 4.90 Å². The molecule has 142 valence electrons. The maximum Gasteiger partial charge on any atom is 0.291 e. The Labute approximate surface area is 163 Å². The summed E-state index contributed by atoms with van der Waals surface area (Å²) in [6.45, 7) is 0. The third kappa shape index (κ3) is 3.89. The van der Waals surface area contributed by atoms with Crippen LogP contribution in [0.3, 0.4) is 0 Å². The normalized spacial score (nSPS) is 10.6. The van der Waals surface area contributed by atoms with Gasteiger partial charge in [-0.3, -0.25) is 30.3 Å². The number of nitro groups is 3. The molecule has 0 bridgehead atoms. The molecule has 0 N–H and O–H groups in total. The van der Waals surface area contributed by atoms with E-state index in [9.17, 15) is 30.3 Å². The van der Waals surface area contributed by atoms with Crippen molar-refractivity contribution < 1.29 is 19.3 Å². The van der Waals surface area contributed by atoms with Gasteiger partial charge in [0.25, 0.3) is 22.3 Å². The highest BCUT2D eigenvalue weighted by molar-refractivity contribution is 7.99. The third-order valence-corrected chi connectivity index (χ3v) is 4.73. The van der Waals surface area contributed by atoms with Crippen LogP contribution in [0, 0.1) is 30.3 Å². The summed E-state index contributed by atoms with van der Waals surface area (Å²) in [4.78, 5) is 34.6. The molecule has 0 saturated heterocycles. The third-order valence-electron chi connectivity index (χ3n) is 3.35. The van der Waals surface area contributed by atoms with E-state index < -0.39 is 26.1 Å². The predicted octanol–water partition coefficient (Wildman–Crippen LogP) is 4.27. The van der Waals surface area contributed by atoms with Crippen molar-refractivity contribution in [3.63, 3.8) is 0 Å². The minimum atomic E-state index is -0.811. The Bertz CT molecular complexity index is 1100. The molecule has 0 radical (unpaired) electrons. The van der Waals surface area contributed by atoms with E-state index in [1.165, 1.54) is 24.3 Å². The summed E-state index contributed by atoms with van der Waals surface area (Å²) in [5, 5.41) is 36.2. The molecule has 0 amide bonds. The lowest BCUT2D eigenvalue weighted by molar-refractivity contribution is -0.395. The first kappa shape index (κ1) is 19.2. The molecule has 2 aromatic carbocycles.